The number of aryl methyl sites for hydroxylation is 1. The number of pyridine rings is 2. The molecule has 25 heavy (non-hydrogen) atoms. The van der Waals surface area contributed by atoms with Crippen molar-refractivity contribution < 1.29 is 14.3 Å². The Morgan fingerprint density at radius 3 is 2.56 bits per heavy atom. The molecule has 0 amide bonds. The molecule has 0 radical (unpaired) electrons. The molecule has 0 aliphatic carbocycles. The third kappa shape index (κ3) is 3.67. The Kier molecular flexibility index (Phi) is 4.79. The average molecular weight is 377 g/mol. The average Bonchev–Trinajstić information content (AvgIpc) is 2.55. The van der Waals surface area contributed by atoms with Crippen molar-refractivity contribution in [2.24, 2.45) is 0 Å². The molecule has 0 atom stereocenters. The first-order valence-electron chi connectivity index (χ1n) is 7.43. The van der Waals surface area contributed by atoms with Gasteiger partial charge in [-0.1, -0.05) is 23.2 Å². The number of carbonyl (C=O) groups excluding carboxylic acids is 1. The van der Waals surface area contributed by atoms with Gasteiger partial charge in [0.1, 0.15) is 11.5 Å². The highest BCUT2D eigenvalue weighted by atomic mass is 35.5. The monoisotopic (exact) mass is 376 g/mol. The van der Waals surface area contributed by atoms with Gasteiger partial charge in [0, 0.05) is 35.8 Å². The van der Waals surface area contributed by atoms with Crippen LogP contribution in [-0.2, 0) is 4.79 Å². The molecule has 1 aromatic carbocycles. The third-order valence-corrected chi connectivity index (χ3v) is 4.15. The van der Waals surface area contributed by atoms with Gasteiger partial charge in [0.15, 0.2) is 0 Å². The van der Waals surface area contributed by atoms with Gasteiger partial charge in [-0.05, 0) is 32.0 Å². The highest BCUT2D eigenvalue weighted by Gasteiger charge is 2.16. The molecule has 2 heterocycles. The van der Waals surface area contributed by atoms with Crippen LogP contribution in [0.3, 0.4) is 0 Å². The first-order chi connectivity index (χ1) is 11.8. The lowest BCUT2D eigenvalue weighted by atomic mass is 10.1. The molecule has 3 rings (SSSR count). The van der Waals surface area contributed by atoms with Crippen molar-refractivity contribution in [3.63, 3.8) is 0 Å². The van der Waals surface area contributed by atoms with Gasteiger partial charge in [0.05, 0.1) is 15.6 Å². The number of esters is 1. The van der Waals surface area contributed by atoms with Gasteiger partial charge >= 0.3 is 5.97 Å². The summed E-state index contributed by atoms with van der Waals surface area (Å²) in [4.78, 5) is 20.1. The quantitative estimate of drug-likeness (QED) is 0.582. The highest BCUT2D eigenvalue weighted by Crippen LogP contribution is 2.38. The SMILES string of the molecule is CC(=O)Oc1c(C)c(C)nc2cc(Cl)c(Oc3ccc(Cl)cn3)cc12. The van der Waals surface area contributed by atoms with E-state index in [1.54, 1.807) is 24.3 Å². The highest BCUT2D eigenvalue weighted by molar-refractivity contribution is 6.33. The summed E-state index contributed by atoms with van der Waals surface area (Å²) in [5, 5.41) is 1.50. The zero-order valence-electron chi connectivity index (χ0n) is 13.8. The zero-order chi connectivity index (χ0) is 18.1. The molecule has 3 aromatic rings. The van der Waals surface area contributed by atoms with Gasteiger partial charge in [0.25, 0.3) is 0 Å². The van der Waals surface area contributed by atoms with E-state index in [0.29, 0.717) is 38.3 Å². The number of hydrogen-bond acceptors (Lipinski definition) is 5. The summed E-state index contributed by atoms with van der Waals surface area (Å²) < 4.78 is 11.1. The number of aromatic nitrogens is 2. The van der Waals surface area contributed by atoms with E-state index in [-0.39, 0.29) is 0 Å². The number of halogens is 2. The second kappa shape index (κ2) is 6.86. The number of nitrogens with zero attached hydrogens (tertiary/aromatic N) is 2. The Bertz CT molecular complexity index is 972. The molecule has 0 unspecified atom stereocenters. The van der Waals surface area contributed by atoms with Crippen LogP contribution in [0.25, 0.3) is 10.9 Å². The van der Waals surface area contributed by atoms with E-state index in [9.17, 15) is 4.79 Å². The van der Waals surface area contributed by atoms with E-state index in [2.05, 4.69) is 9.97 Å². The van der Waals surface area contributed by atoms with Gasteiger partial charge in [-0.2, -0.15) is 0 Å². The number of rotatable bonds is 3. The summed E-state index contributed by atoms with van der Waals surface area (Å²) in [6.07, 6.45) is 1.48. The maximum atomic E-state index is 11.5. The maximum Gasteiger partial charge on any atom is 0.308 e. The summed E-state index contributed by atoms with van der Waals surface area (Å²) in [5.41, 5.74) is 2.15. The van der Waals surface area contributed by atoms with E-state index in [0.717, 1.165) is 11.3 Å². The molecule has 0 fully saturated rings. The molecule has 0 bridgehead atoms. The van der Waals surface area contributed by atoms with Crippen LogP contribution in [0.1, 0.15) is 18.2 Å². The molecule has 0 aliphatic rings. The summed E-state index contributed by atoms with van der Waals surface area (Å²) >= 11 is 12.1. The molecule has 0 aliphatic heterocycles. The van der Waals surface area contributed by atoms with Crippen molar-refractivity contribution in [2.45, 2.75) is 20.8 Å². The molecule has 2 aromatic heterocycles. The summed E-state index contributed by atoms with van der Waals surface area (Å²) in [6.45, 7) is 5.04. The van der Waals surface area contributed by atoms with E-state index in [1.165, 1.54) is 13.1 Å². The summed E-state index contributed by atoms with van der Waals surface area (Å²) in [5.74, 6) is 0.756. The summed E-state index contributed by atoms with van der Waals surface area (Å²) in [7, 11) is 0. The normalized spacial score (nSPS) is 10.8. The Labute approximate surface area is 154 Å². The largest absolute Gasteiger partial charge is 0.437 e. The standard InChI is InChI=1S/C18H14Cl2N2O3/c1-9-10(2)22-15-7-14(20)16(6-13(15)18(9)24-11(3)23)25-17-5-4-12(19)8-21-17/h4-8H,1-3H3. The molecule has 7 heteroatoms. The fourth-order valence-corrected chi connectivity index (χ4v) is 2.65. The van der Waals surface area contributed by atoms with Crippen LogP contribution in [0.5, 0.6) is 17.4 Å². The minimum Gasteiger partial charge on any atom is -0.437 e. The Morgan fingerprint density at radius 1 is 1.16 bits per heavy atom. The molecule has 0 saturated carbocycles. The number of benzene rings is 1. The minimum absolute atomic E-state index is 0.344. The number of ether oxygens (including phenoxy) is 2. The first-order valence-corrected chi connectivity index (χ1v) is 8.19. The lowest BCUT2D eigenvalue weighted by Crippen LogP contribution is -2.05. The molecule has 128 valence electrons. The smallest absolute Gasteiger partial charge is 0.308 e. The van der Waals surface area contributed by atoms with Gasteiger partial charge < -0.3 is 9.47 Å². The second-order valence-corrected chi connectivity index (χ2v) is 6.31. The molecule has 0 saturated heterocycles. The topological polar surface area (TPSA) is 61.3 Å². The zero-order valence-corrected chi connectivity index (χ0v) is 15.3. The van der Waals surface area contributed by atoms with E-state index in [1.807, 2.05) is 13.8 Å². The van der Waals surface area contributed by atoms with Crippen LogP contribution in [0, 0.1) is 13.8 Å². The van der Waals surface area contributed by atoms with Crippen LogP contribution in [0.15, 0.2) is 30.5 Å². The molecule has 0 spiro atoms. The predicted molar refractivity (Wildman–Crippen MR) is 96.9 cm³/mol. The van der Waals surface area contributed by atoms with Gasteiger partial charge in [-0.15, -0.1) is 0 Å². The molecular formula is C18H14Cl2N2O3. The fourth-order valence-electron chi connectivity index (χ4n) is 2.34. The van der Waals surface area contributed by atoms with Crippen LogP contribution >= 0.6 is 23.2 Å². The van der Waals surface area contributed by atoms with Crippen LogP contribution in [-0.4, -0.2) is 15.9 Å². The van der Waals surface area contributed by atoms with E-state index in [4.69, 9.17) is 32.7 Å². The number of fused-ring (bicyclic) bond motifs is 1. The lowest BCUT2D eigenvalue weighted by molar-refractivity contribution is -0.131. The minimum atomic E-state index is -0.410. The predicted octanol–water partition coefficient (Wildman–Crippen LogP) is 5.27. The number of hydrogen-bond donors (Lipinski definition) is 0. The van der Waals surface area contributed by atoms with Crippen molar-refractivity contribution in [3.05, 3.63) is 51.8 Å². The third-order valence-electron chi connectivity index (χ3n) is 3.63. The second-order valence-electron chi connectivity index (χ2n) is 5.46. The van der Waals surface area contributed by atoms with Crippen LogP contribution in [0.4, 0.5) is 0 Å². The van der Waals surface area contributed by atoms with E-state index < -0.39 is 5.97 Å². The Hall–Kier alpha value is -2.37. The van der Waals surface area contributed by atoms with Gasteiger partial charge in [0.2, 0.25) is 5.88 Å². The molecule has 5 nitrogen and oxygen atoms in total. The van der Waals surface area contributed by atoms with Gasteiger partial charge in [-0.25, -0.2) is 4.98 Å². The van der Waals surface area contributed by atoms with Gasteiger partial charge in [-0.3, -0.25) is 9.78 Å². The molecular weight excluding hydrogens is 363 g/mol. The first kappa shape index (κ1) is 17.5. The van der Waals surface area contributed by atoms with Crippen molar-refractivity contribution in [2.75, 3.05) is 0 Å². The summed E-state index contributed by atoms with van der Waals surface area (Å²) in [6, 6.07) is 6.65. The Morgan fingerprint density at radius 2 is 1.92 bits per heavy atom. The maximum absolute atomic E-state index is 11.5. The van der Waals surface area contributed by atoms with Crippen molar-refractivity contribution in [1.82, 2.24) is 9.97 Å². The van der Waals surface area contributed by atoms with Crippen molar-refractivity contribution in [1.29, 1.82) is 0 Å². The Balaban J connectivity index is 2.14. The molecule has 0 N–H and O–H groups in total. The number of carbonyl (C=O) groups is 1. The van der Waals surface area contributed by atoms with E-state index >= 15 is 0 Å². The van der Waals surface area contributed by atoms with Crippen molar-refractivity contribution >= 4 is 40.1 Å². The lowest BCUT2D eigenvalue weighted by Gasteiger charge is -2.14. The van der Waals surface area contributed by atoms with Crippen molar-refractivity contribution in [3.8, 4) is 17.4 Å². The van der Waals surface area contributed by atoms with Crippen LogP contribution in [0.2, 0.25) is 10.0 Å². The van der Waals surface area contributed by atoms with Crippen LogP contribution < -0.4 is 9.47 Å². The fraction of sp³-hybridized carbons (Fsp3) is 0.167.